The van der Waals surface area contributed by atoms with Crippen molar-refractivity contribution in [3.63, 3.8) is 0 Å². The summed E-state index contributed by atoms with van der Waals surface area (Å²) >= 11 is 0. The third kappa shape index (κ3) is 7.03. The lowest BCUT2D eigenvalue weighted by atomic mass is 10.1. The van der Waals surface area contributed by atoms with Crippen molar-refractivity contribution in [2.75, 3.05) is 13.7 Å². The van der Waals surface area contributed by atoms with Gasteiger partial charge in [-0.25, -0.2) is 0 Å². The van der Waals surface area contributed by atoms with Crippen molar-refractivity contribution in [3.8, 4) is 5.75 Å². The van der Waals surface area contributed by atoms with Crippen LogP contribution in [-0.2, 0) is 11.3 Å². The van der Waals surface area contributed by atoms with E-state index < -0.39 is 12.8 Å². The van der Waals surface area contributed by atoms with Crippen LogP contribution in [0.3, 0.4) is 0 Å². The van der Waals surface area contributed by atoms with Crippen LogP contribution in [-0.4, -0.2) is 25.9 Å². The summed E-state index contributed by atoms with van der Waals surface area (Å²) in [5.74, 6) is 0.781. The Kier molecular flexibility index (Phi) is 6.11. The van der Waals surface area contributed by atoms with Gasteiger partial charge in [-0.3, -0.25) is 4.84 Å². The molecule has 1 unspecified atom stereocenters. The molecule has 19 heavy (non-hydrogen) atoms. The lowest BCUT2D eigenvalue weighted by Gasteiger charge is -2.14. The molecule has 6 heteroatoms. The number of nitrogens with one attached hydrogen (secondary N) is 1. The number of ether oxygens (including phenoxy) is 1. The number of alkyl halides is 3. The Morgan fingerprint density at radius 1 is 1.21 bits per heavy atom. The van der Waals surface area contributed by atoms with Crippen molar-refractivity contribution >= 4 is 0 Å². The number of hydrogen-bond acceptors (Lipinski definition) is 3. The van der Waals surface area contributed by atoms with Crippen LogP contribution in [0.15, 0.2) is 24.3 Å². The number of methoxy groups -OCH3 is 1. The molecule has 1 rings (SSSR count). The van der Waals surface area contributed by atoms with E-state index >= 15 is 0 Å². The summed E-state index contributed by atoms with van der Waals surface area (Å²) in [6.07, 6.45) is -2.86. The van der Waals surface area contributed by atoms with Crippen LogP contribution in [0.5, 0.6) is 5.75 Å². The second kappa shape index (κ2) is 7.35. The summed E-state index contributed by atoms with van der Waals surface area (Å²) in [5, 5.41) is 0. The predicted molar refractivity (Wildman–Crippen MR) is 65.9 cm³/mol. The monoisotopic (exact) mass is 277 g/mol. The highest BCUT2D eigenvalue weighted by Crippen LogP contribution is 2.15. The second-order valence-corrected chi connectivity index (χ2v) is 4.31. The zero-order valence-corrected chi connectivity index (χ0v) is 11.0. The average molecular weight is 277 g/mol. The number of hydroxylamine groups is 1. The maximum absolute atomic E-state index is 11.9. The molecule has 0 bridgehead atoms. The van der Waals surface area contributed by atoms with Gasteiger partial charge >= 0.3 is 6.18 Å². The maximum Gasteiger partial charge on any atom is 0.413 e. The van der Waals surface area contributed by atoms with E-state index in [1.165, 1.54) is 0 Å². The van der Waals surface area contributed by atoms with Gasteiger partial charge in [0.25, 0.3) is 0 Å². The molecule has 0 saturated heterocycles. The first-order chi connectivity index (χ1) is 8.90. The van der Waals surface area contributed by atoms with Crippen molar-refractivity contribution in [2.45, 2.75) is 32.0 Å². The molecule has 1 aromatic carbocycles. The Labute approximate surface area is 110 Å². The normalized spacial score (nSPS) is 13.3. The molecule has 0 fully saturated rings. The molecular formula is C13H18F3NO2. The van der Waals surface area contributed by atoms with Crippen LogP contribution in [0.25, 0.3) is 0 Å². The van der Waals surface area contributed by atoms with E-state index in [1.54, 1.807) is 14.0 Å². The van der Waals surface area contributed by atoms with Gasteiger partial charge in [0.1, 0.15) is 5.75 Å². The molecule has 0 aromatic heterocycles. The SMILES string of the molecule is COc1ccc(CCC(C)NOCC(F)(F)F)cc1. The summed E-state index contributed by atoms with van der Waals surface area (Å²) in [4.78, 5) is 4.39. The van der Waals surface area contributed by atoms with Crippen LogP contribution in [0.1, 0.15) is 18.9 Å². The van der Waals surface area contributed by atoms with Gasteiger partial charge in [0, 0.05) is 6.04 Å². The largest absolute Gasteiger partial charge is 0.497 e. The molecule has 0 aliphatic rings. The lowest BCUT2D eigenvalue weighted by molar-refractivity contribution is -0.192. The summed E-state index contributed by atoms with van der Waals surface area (Å²) in [5.41, 5.74) is 3.49. The first-order valence-electron chi connectivity index (χ1n) is 5.97. The molecule has 0 aliphatic heterocycles. The number of benzene rings is 1. The van der Waals surface area contributed by atoms with Gasteiger partial charge in [-0.2, -0.15) is 18.7 Å². The van der Waals surface area contributed by atoms with E-state index in [2.05, 4.69) is 10.3 Å². The molecule has 1 aromatic rings. The smallest absolute Gasteiger partial charge is 0.413 e. The molecule has 1 N–H and O–H groups in total. The van der Waals surface area contributed by atoms with Gasteiger partial charge in [0.2, 0.25) is 0 Å². The van der Waals surface area contributed by atoms with Gasteiger partial charge in [0.05, 0.1) is 7.11 Å². The van der Waals surface area contributed by atoms with E-state index in [-0.39, 0.29) is 6.04 Å². The Balaban J connectivity index is 2.23. The fourth-order valence-electron chi connectivity index (χ4n) is 1.50. The van der Waals surface area contributed by atoms with Crippen molar-refractivity contribution in [3.05, 3.63) is 29.8 Å². The van der Waals surface area contributed by atoms with Crippen LogP contribution in [0.2, 0.25) is 0 Å². The van der Waals surface area contributed by atoms with Crippen LogP contribution >= 0.6 is 0 Å². The highest BCUT2D eigenvalue weighted by atomic mass is 19.4. The van der Waals surface area contributed by atoms with Gasteiger partial charge in [-0.15, -0.1) is 0 Å². The quantitative estimate of drug-likeness (QED) is 0.777. The molecule has 0 radical (unpaired) electrons. The summed E-state index contributed by atoms with van der Waals surface area (Å²) in [6, 6.07) is 7.43. The van der Waals surface area contributed by atoms with Crippen molar-refractivity contribution in [1.82, 2.24) is 5.48 Å². The van der Waals surface area contributed by atoms with E-state index in [1.807, 2.05) is 24.3 Å². The third-order valence-electron chi connectivity index (χ3n) is 2.55. The Bertz CT molecular complexity index is 365. The van der Waals surface area contributed by atoms with Gasteiger partial charge in [-0.05, 0) is 37.5 Å². The summed E-state index contributed by atoms with van der Waals surface area (Å²) in [7, 11) is 1.60. The van der Waals surface area contributed by atoms with E-state index in [0.717, 1.165) is 17.7 Å². The zero-order chi connectivity index (χ0) is 14.3. The fraction of sp³-hybridized carbons (Fsp3) is 0.538. The molecule has 1 atom stereocenters. The molecule has 108 valence electrons. The predicted octanol–water partition coefficient (Wildman–Crippen LogP) is 3.10. The molecule has 0 aliphatic carbocycles. The Morgan fingerprint density at radius 2 is 1.84 bits per heavy atom. The van der Waals surface area contributed by atoms with E-state index in [4.69, 9.17) is 4.74 Å². The highest BCUT2D eigenvalue weighted by molar-refractivity contribution is 5.27. The number of rotatable bonds is 7. The number of aryl methyl sites for hydroxylation is 1. The van der Waals surface area contributed by atoms with Crippen LogP contribution < -0.4 is 10.2 Å². The molecular weight excluding hydrogens is 259 g/mol. The van der Waals surface area contributed by atoms with Gasteiger partial charge in [0.15, 0.2) is 6.61 Å². The molecule has 0 spiro atoms. The van der Waals surface area contributed by atoms with Crippen molar-refractivity contribution in [1.29, 1.82) is 0 Å². The van der Waals surface area contributed by atoms with Crippen LogP contribution in [0, 0.1) is 0 Å². The number of halogens is 3. The zero-order valence-electron chi connectivity index (χ0n) is 11.0. The number of hydrogen-bond donors (Lipinski definition) is 1. The second-order valence-electron chi connectivity index (χ2n) is 4.31. The first-order valence-corrected chi connectivity index (χ1v) is 5.97. The van der Waals surface area contributed by atoms with E-state index in [9.17, 15) is 13.2 Å². The lowest BCUT2D eigenvalue weighted by Crippen LogP contribution is -2.31. The topological polar surface area (TPSA) is 30.5 Å². The van der Waals surface area contributed by atoms with Gasteiger partial charge in [-0.1, -0.05) is 12.1 Å². The molecule has 0 saturated carbocycles. The Hall–Kier alpha value is -1.27. The fourth-order valence-corrected chi connectivity index (χ4v) is 1.50. The first kappa shape index (κ1) is 15.8. The van der Waals surface area contributed by atoms with Gasteiger partial charge < -0.3 is 4.74 Å². The minimum Gasteiger partial charge on any atom is -0.497 e. The highest BCUT2D eigenvalue weighted by Gasteiger charge is 2.27. The maximum atomic E-state index is 11.9. The third-order valence-corrected chi connectivity index (χ3v) is 2.55. The summed E-state index contributed by atoms with van der Waals surface area (Å²) < 4.78 is 40.6. The van der Waals surface area contributed by atoms with E-state index in [0.29, 0.717) is 6.42 Å². The van der Waals surface area contributed by atoms with Crippen molar-refractivity contribution in [2.24, 2.45) is 0 Å². The molecule has 0 heterocycles. The minimum absolute atomic E-state index is 0.149. The summed E-state index contributed by atoms with van der Waals surface area (Å²) in [6.45, 7) is 0.500. The minimum atomic E-state index is -4.30. The standard InChI is InChI=1S/C13H18F3NO2/c1-10(17-19-9-13(14,15)16)3-4-11-5-7-12(18-2)8-6-11/h5-8,10,17H,3-4,9H2,1-2H3. The van der Waals surface area contributed by atoms with Crippen molar-refractivity contribution < 1.29 is 22.7 Å². The molecule has 0 amide bonds. The molecule has 3 nitrogen and oxygen atoms in total. The Morgan fingerprint density at radius 3 is 2.37 bits per heavy atom. The van der Waals surface area contributed by atoms with Crippen LogP contribution in [0.4, 0.5) is 13.2 Å². The average Bonchev–Trinajstić information content (AvgIpc) is 2.35.